The highest BCUT2D eigenvalue weighted by Crippen LogP contribution is 2.42. The lowest BCUT2D eigenvalue weighted by Crippen LogP contribution is -2.52. The molecule has 5 heteroatoms. The second kappa shape index (κ2) is 7.91. The maximum atomic E-state index is 13.4. The lowest BCUT2D eigenvalue weighted by atomic mass is 9.85. The van der Waals surface area contributed by atoms with Crippen molar-refractivity contribution in [2.24, 2.45) is 0 Å². The van der Waals surface area contributed by atoms with Crippen molar-refractivity contribution in [2.75, 3.05) is 13.1 Å². The number of nitrogens with one attached hydrogen (secondary N) is 1. The van der Waals surface area contributed by atoms with E-state index in [0.717, 1.165) is 29.5 Å². The third-order valence-corrected chi connectivity index (χ3v) is 6.20. The van der Waals surface area contributed by atoms with Gasteiger partial charge in [0.25, 0.3) is 0 Å². The number of carbonyl (C=O) groups excluding carboxylic acids is 2. The molecule has 2 aliphatic heterocycles. The standard InChI is InChI=1S/C26H24N2O3/c29-24-21-14-7-8-15-22(21)26(31-24)16-9-17-28(18-26)25(30)27-23(19-10-3-1-4-11-19)20-12-5-2-6-13-20/h1-8,10-15,23H,9,16-18H2,(H,27,30). The zero-order valence-corrected chi connectivity index (χ0v) is 17.2. The van der Waals surface area contributed by atoms with Gasteiger partial charge < -0.3 is 15.0 Å². The minimum atomic E-state index is -0.752. The van der Waals surface area contributed by atoms with Gasteiger partial charge in [0.1, 0.15) is 0 Å². The molecule has 3 aromatic rings. The molecule has 3 aromatic carbocycles. The molecule has 0 bridgehead atoms. The Kier molecular flexibility index (Phi) is 4.94. The number of nitrogens with zero attached hydrogens (tertiary/aromatic N) is 1. The molecule has 31 heavy (non-hydrogen) atoms. The SMILES string of the molecule is O=C1OC2(CCCN(C(=O)NC(c3ccccc3)c3ccccc3)C2)c2ccccc21. The average Bonchev–Trinajstić information content (AvgIpc) is 3.09. The zero-order chi connectivity index (χ0) is 21.3. The lowest BCUT2D eigenvalue weighted by molar-refractivity contribution is -0.0411. The minimum Gasteiger partial charge on any atom is -0.449 e. The molecule has 1 N–H and O–H groups in total. The molecule has 2 aliphatic rings. The van der Waals surface area contributed by atoms with Crippen molar-refractivity contribution in [2.45, 2.75) is 24.5 Å². The third-order valence-electron chi connectivity index (χ3n) is 6.20. The Hall–Kier alpha value is -3.60. The monoisotopic (exact) mass is 412 g/mol. The van der Waals surface area contributed by atoms with Crippen LogP contribution in [0.3, 0.4) is 0 Å². The summed E-state index contributed by atoms with van der Waals surface area (Å²) in [7, 11) is 0. The number of carbonyl (C=O) groups is 2. The van der Waals surface area contributed by atoms with Gasteiger partial charge in [0.05, 0.1) is 18.2 Å². The smallest absolute Gasteiger partial charge is 0.339 e. The molecule has 5 nitrogen and oxygen atoms in total. The predicted molar refractivity (Wildman–Crippen MR) is 118 cm³/mol. The van der Waals surface area contributed by atoms with Gasteiger partial charge >= 0.3 is 12.0 Å². The topological polar surface area (TPSA) is 58.6 Å². The number of hydrogen-bond acceptors (Lipinski definition) is 3. The van der Waals surface area contributed by atoms with Crippen LogP contribution in [0, 0.1) is 0 Å². The molecule has 1 unspecified atom stereocenters. The predicted octanol–water partition coefficient (Wildman–Crippen LogP) is 4.65. The number of ether oxygens (including phenoxy) is 1. The molecule has 2 amide bonds. The Balaban J connectivity index is 1.40. The summed E-state index contributed by atoms with van der Waals surface area (Å²) >= 11 is 0. The summed E-state index contributed by atoms with van der Waals surface area (Å²) in [5, 5.41) is 3.21. The summed E-state index contributed by atoms with van der Waals surface area (Å²) in [6.45, 7) is 0.988. The van der Waals surface area contributed by atoms with Crippen LogP contribution in [0.1, 0.15) is 45.9 Å². The Morgan fingerprint density at radius 2 is 1.52 bits per heavy atom. The molecule has 0 saturated carbocycles. The van der Waals surface area contributed by atoms with Crippen LogP contribution >= 0.6 is 0 Å². The minimum absolute atomic E-state index is 0.155. The van der Waals surface area contributed by atoms with Gasteiger partial charge in [0.2, 0.25) is 0 Å². The van der Waals surface area contributed by atoms with Gasteiger partial charge in [0.15, 0.2) is 5.60 Å². The summed E-state index contributed by atoms with van der Waals surface area (Å²) in [6, 6.07) is 27.0. The van der Waals surface area contributed by atoms with Gasteiger partial charge in [0, 0.05) is 12.1 Å². The summed E-state index contributed by atoms with van der Waals surface area (Å²) in [6.07, 6.45) is 1.50. The number of likely N-dealkylation sites (tertiary alicyclic amines) is 1. The van der Waals surface area contributed by atoms with Gasteiger partial charge in [-0.1, -0.05) is 78.9 Å². The summed E-state index contributed by atoms with van der Waals surface area (Å²) in [5.41, 5.74) is 2.78. The molecule has 2 heterocycles. The maximum Gasteiger partial charge on any atom is 0.339 e. The highest BCUT2D eigenvalue weighted by atomic mass is 16.6. The van der Waals surface area contributed by atoms with Gasteiger partial charge in [-0.25, -0.2) is 9.59 Å². The molecular formula is C26H24N2O3. The van der Waals surface area contributed by atoms with E-state index in [1.807, 2.05) is 78.9 Å². The summed E-state index contributed by atoms with van der Waals surface area (Å²) < 4.78 is 5.85. The van der Waals surface area contributed by atoms with Crippen molar-refractivity contribution in [1.82, 2.24) is 10.2 Å². The number of fused-ring (bicyclic) bond motifs is 2. The van der Waals surface area contributed by atoms with Crippen LogP contribution in [0.15, 0.2) is 84.9 Å². The quantitative estimate of drug-likeness (QED) is 0.637. The van der Waals surface area contributed by atoms with Crippen LogP contribution in [0.4, 0.5) is 4.79 Å². The van der Waals surface area contributed by atoms with Crippen LogP contribution < -0.4 is 5.32 Å². The van der Waals surface area contributed by atoms with E-state index in [1.165, 1.54) is 0 Å². The van der Waals surface area contributed by atoms with E-state index in [2.05, 4.69) is 5.32 Å². The molecule has 0 aliphatic carbocycles. The van der Waals surface area contributed by atoms with Crippen LogP contribution in [0.2, 0.25) is 0 Å². The van der Waals surface area contributed by atoms with Crippen molar-refractivity contribution in [3.63, 3.8) is 0 Å². The molecule has 0 radical (unpaired) electrons. The average molecular weight is 412 g/mol. The Labute approximate surface area is 181 Å². The lowest BCUT2D eigenvalue weighted by Gasteiger charge is -2.40. The van der Waals surface area contributed by atoms with Gasteiger partial charge in [-0.3, -0.25) is 0 Å². The normalized spacial score (nSPS) is 19.9. The van der Waals surface area contributed by atoms with Gasteiger partial charge in [-0.05, 0) is 30.0 Å². The molecule has 156 valence electrons. The number of esters is 1. The van der Waals surface area contributed by atoms with Crippen LogP contribution in [-0.4, -0.2) is 30.0 Å². The number of piperidine rings is 1. The second-order valence-corrected chi connectivity index (χ2v) is 8.16. The first-order valence-electron chi connectivity index (χ1n) is 10.6. The van der Waals surface area contributed by atoms with E-state index in [9.17, 15) is 9.59 Å². The number of rotatable bonds is 3. The zero-order valence-electron chi connectivity index (χ0n) is 17.2. The number of benzene rings is 3. The summed E-state index contributed by atoms with van der Waals surface area (Å²) in [4.78, 5) is 27.6. The fourth-order valence-corrected chi connectivity index (χ4v) is 4.71. The van der Waals surface area contributed by atoms with Crippen molar-refractivity contribution in [3.05, 3.63) is 107 Å². The molecule has 1 atom stereocenters. The largest absolute Gasteiger partial charge is 0.449 e. The van der Waals surface area contributed by atoms with E-state index in [-0.39, 0.29) is 18.0 Å². The fourth-order valence-electron chi connectivity index (χ4n) is 4.71. The molecular weight excluding hydrogens is 388 g/mol. The molecule has 1 spiro atoms. The van der Waals surface area contributed by atoms with E-state index >= 15 is 0 Å². The van der Waals surface area contributed by atoms with E-state index in [4.69, 9.17) is 4.74 Å². The highest BCUT2D eigenvalue weighted by Gasteiger charge is 2.48. The van der Waals surface area contributed by atoms with Crippen molar-refractivity contribution in [3.8, 4) is 0 Å². The van der Waals surface area contributed by atoms with Crippen molar-refractivity contribution >= 4 is 12.0 Å². The fraction of sp³-hybridized carbons (Fsp3) is 0.231. The number of amides is 2. The van der Waals surface area contributed by atoms with Gasteiger partial charge in [-0.2, -0.15) is 0 Å². The molecule has 1 fully saturated rings. The Morgan fingerprint density at radius 3 is 2.19 bits per heavy atom. The highest BCUT2D eigenvalue weighted by molar-refractivity contribution is 5.95. The molecule has 5 rings (SSSR count). The van der Waals surface area contributed by atoms with Crippen molar-refractivity contribution in [1.29, 1.82) is 0 Å². The Morgan fingerprint density at radius 1 is 0.903 bits per heavy atom. The maximum absolute atomic E-state index is 13.4. The molecule has 1 saturated heterocycles. The first-order chi connectivity index (χ1) is 15.2. The van der Waals surface area contributed by atoms with E-state index in [0.29, 0.717) is 18.7 Å². The van der Waals surface area contributed by atoms with E-state index < -0.39 is 5.60 Å². The number of hydrogen-bond donors (Lipinski definition) is 1. The van der Waals surface area contributed by atoms with Crippen LogP contribution in [0.25, 0.3) is 0 Å². The van der Waals surface area contributed by atoms with Gasteiger partial charge in [-0.15, -0.1) is 0 Å². The summed E-state index contributed by atoms with van der Waals surface area (Å²) in [5.74, 6) is -0.302. The number of urea groups is 1. The van der Waals surface area contributed by atoms with Crippen molar-refractivity contribution < 1.29 is 14.3 Å². The Bertz CT molecular complexity index is 1060. The first kappa shape index (κ1) is 19.4. The second-order valence-electron chi connectivity index (χ2n) is 8.16. The van der Waals surface area contributed by atoms with E-state index in [1.54, 1.807) is 11.0 Å². The molecule has 0 aromatic heterocycles. The van der Waals surface area contributed by atoms with Crippen LogP contribution in [0.5, 0.6) is 0 Å². The first-order valence-corrected chi connectivity index (χ1v) is 10.6. The third kappa shape index (κ3) is 3.56. The van der Waals surface area contributed by atoms with Crippen LogP contribution in [-0.2, 0) is 10.3 Å².